The normalized spacial score (nSPS) is 11.3. The van der Waals surface area contributed by atoms with E-state index < -0.39 is 0 Å². The zero-order valence-electron chi connectivity index (χ0n) is 18.8. The van der Waals surface area contributed by atoms with Gasteiger partial charge in [0.25, 0.3) is 5.91 Å². The van der Waals surface area contributed by atoms with Crippen molar-refractivity contribution >= 4 is 23.2 Å². The van der Waals surface area contributed by atoms with Gasteiger partial charge >= 0.3 is 0 Å². The van der Waals surface area contributed by atoms with Crippen molar-refractivity contribution in [3.05, 3.63) is 89.2 Å². The first kappa shape index (κ1) is 22.1. The van der Waals surface area contributed by atoms with Crippen molar-refractivity contribution in [1.82, 2.24) is 15.4 Å². The molecule has 7 nitrogen and oxygen atoms in total. The minimum atomic E-state index is -0.306. The number of hydrogen-bond donors (Lipinski definition) is 2. The summed E-state index contributed by atoms with van der Waals surface area (Å²) in [5, 5.41) is 4.08. The van der Waals surface area contributed by atoms with E-state index in [1.165, 1.54) is 5.56 Å². The van der Waals surface area contributed by atoms with E-state index in [1.54, 1.807) is 31.5 Å². The van der Waals surface area contributed by atoms with Crippen molar-refractivity contribution in [2.24, 2.45) is 5.10 Å². The molecular formula is C26H26N4O3. The average molecular weight is 443 g/mol. The summed E-state index contributed by atoms with van der Waals surface area (Å²) in [7, 11) is 1.59. The monoisotopic (exact) mass is 442 g/mol. The molecule has 0 bridgehead atoms. The topological polar surface area (TPSA) is 88.6 Å². The van der Waals surface area contributed by atoms with Gasteiger partial charge in [-0.3, -0.25) is 4.79 Å². The minimum absolute atomic E-state index is 0.0410. The maximum Gasteiger partial charge on any atom is 0.271 e. The molecule has 0 saturated heterocycles. The molecule has 1 heterocycles. The number of carbonyl (C=O) groups excluding carboxylic acids is 1. The lowest BCUT2D eigenvalue weighted by molar-refractivity contribution is 0.0955. The summed E-state index contributed by atoms with van der Waals surface area (Å²) in [5.41, 5.74) is 6.63. The van der Waals surface area contributed by atoms with Crippen LogP contribution in [0.2, 0.25) is 0 Å². The van der Waals surface area contributed by atoms with Crippen LogP contribution in [0.3, 0.4) is 0 Å². The molecule has 7 heteroatoms. The van der Waals surface area contributed by atoms with E-state index in [4.69, 9.17) is 9.47 Å². The Balaban J connectivity index is 1.42. The lowest BCUT2D eigenvalue weighted by atomic mass is 10.1. The Labute approximate surface area is 192 Å². The van der Waals surface area contributed by atoms with Crippen molar-refractivity contribution < 1.29 is 14.3 Å². The van der Waals surface area contributed by atoms with Gasteiger partial charge in [-0.25, -0.2) is 10.4 Å². The van der Waals surface area contributed by atoms with E-state index in [0.29, 0.717) is 23.5 Å². The number of benzene rings is 3. The van der Waals surface area contributed by atoms with Crippen LogP contribution in [-0.2, 0) is 6.42 Å². The summed E-state index contributed by atoms with van der Waals surface area (Å²) in [5.74, 6) is 1.81. The first-order valence-corrected chi connectivity index (χ1v) is 10.7. The number of hydrazone groups is 1. The molecular weight excluding hydrogens is 416 g/mol. The molecule has 0 radical (unpaired) electrons. The zero-order chi connectivity index (χ0) is 23.2. The fraction of sp³-hybridized carbons (Fsp3) is 0.192. The smallest absolute Gasteiger partial charge is 0.271 e. The third-order valence-corrected chi connectivity index (χ3v) is 4.94. The predicted octanol–water partition coefficient (Wildman–Crippen LogP) is 4.71. The number of aromatic nitrogens is 2. The second kappa shape index (κ2) is 9.99. The Bertz CT molecular complexity index is 1280. The predicted molar refractivity (Wildman–Crippen MR) is 129 cm³/mol. The number of nitrogens with zero attached hydrogens (tertiary/aromatic N) is 2. The van der Waals surface area contributed by atoms with Gasteiger partial charge in [-0.2, -0.15) is 5.10 Å². The fourth-order valence-electron chi connectivity index (χ4n) is 3.42. The molecule has 0 unspecified atom stereocenters. The number of rotatable bonds is 8. The van der Waals surface area contributed by atoms with E-state index >= 15 is 0 Å². The van der Waals surface area contributed by atoms with Crippen LogP contribution in [0.4, 0.5) is 0 Å². The summed E-state index contributed by atoms with van der Waals surface area (Å²) in [6, 6.07) is 20.9. The molecule has 1 aromatic heterocycles. The highest BCUT2D eigenvalue weighted by molar-refractivity contribution is 5.97. The van der Waals surface area contributed by atoms with Crippen LogP contribution in [0.1, 0.15) is 41.2 Å². The number of aromatic amines is 1. The lowest BCUT2D eigenvalue weighted by Crippen LogP contribution is -2.17. The lowest BCUT2D eigenvalue weighted by Gasteiger charge is -2.13. The van der Waals surface area contributed by atoms with Gasteiger partial charge in [-0.1, -0.05) is 30.3 Å². The van der Waals surface area contributed by atoms with Gasteiger partial charge in [0, 0.05) is 12.0 Å². The van der Waals surface area contributed by atoms with Crippen LogP contribution >= 0.6 is 0 Å². The van der Waals surface area contributed by atoms with Crippen molar-refractivity contribution in [2.45, 2.75) is 26.4 Å². The van der Waals surface area contributed by atoms with Gasteiger partial charge in [-0.05, 0) is 61.4 Å². The van der Waals surface area contributed by atoms with E-state index in [-0.39, 0.29) is 12.0 Å². The number of ether oxygens (including phenoxy) is 2. The summed E-state index contributed by atoms with van der Waals surface area (Å²) in [4.78, 5) is 20.5. The first-order chi connectivity index (χ1) is 16.0. The number of hydrogen-bond acceptors (Lipinski definition) is 5. The molecule has 0 atom stereocenters. The van der Waals surface area contributed by atoms with Crippen molar-refractivity contribution in [3.63, 3.8) is 0 Å². The molecule has 0 spiro atoms. The number of H-pyrrole nitrogens is 1. The largest absolute Gasteiger partial charge is 0.493 e. The van der Waals surface area contributed by atoms with Gasteiger partial charge in [0.2, 0.25) is 0 Å². The molecule has 168 valence electrons. The van der Waals surface area contributed by atoms with Gasteiger partial charge in [0.05, 0.1) is 30.5 Å². The highest BCUT2D eigenvalue weighted by Gasteiger charge is 2.10. The molecule has 0 aliphatic rings. The highest BCUT2D eigenvalue weighted by atomic mass is 16.5. The average Bonchev–Trinajstić information content (AvgIpc) is 3.21. The van der Waals surface area contributed by atoms with E-state index in [2.05, 4.69) is 32.6 Å². The van der Waals surface area contributed by atoms with Crippen molar-refractivity contribution in [3.8, 4) is 11.5 Å². The Morgan fingerprint density at radius 2 is 1.91 bits per heavy atom. The molecule has 4 aromatic rings. The Morgan fingerprint density at radius 3 is 2.67 bits per heavy atom. The molecule has 1 amide bonds. The summed E-state index contributed by atoms with van der Waals surface area (Å²) in [6.07, 6.45) is 2.30. The van der Waals surface area contributed by atoms with Crippen molar-refractivity contribution in [1.29, 1.82) is 0 Å². The maximum absolute atomic E-state index is 12.6. The minimum Gasteiger partial charge on any atom is -0.493 e. The van der Waals surface area contributed by atoms with E-state index in [9.17, 15) is 4.79 Å². The Kier molecular flexibility index (Phi) is 6.69. The quantitative estimate of drug-likeness (QED) is 0.305. The molecule has 0 aliphatic heterocycles. The summed E-state index contributed by atoms with van der Waals surface area (Å²) < 4.78 is 11.1. The first-order valence-electron chi connectivity index (χ1n) is 10.7. The van der Waals surface area contributed by atoms with Gasteiger partial charge in [0.15, 0.2) is 11.5 Å². The van der Waals surface area contributed by atoms with Crippen LogP contribution in [0.25, 0.3) is 11.0 Å². The standard InChI is InChI=1S/C26H26N4O3/c1-17(2)33-23-12-9-19(13-24(23)32-3)16-27-30-26(31)20-10-11-21-22(15-20)29-25(28-21)14-18-7-5-4-6-8-18/h4-13,15-17H,14H2,1-3H3,(H,28,29)(H,30,31)/b27-16-. The van der Waals surface area contributed by atoms with Crippen LogP contribution in [0.5, 0.6) is 11.5 Å². The second-order valence-corrected chi connectivity index (χ2v) is 7.85. The van der Waals surface area contributed by atoms with E-state index in [1.807, 2.05) is 50.2 Å². The van der Waals surface area contributed by atoms with Crippen LogP contribution in [0, 0.1) is 0 Å². The van der Waals surface area contributed by atoms with Crippen LogP contribution in [-0.4, -0.2) is 35.3 Å². The third kappa shape index (κ3) is 5.57. The van der Waals surface area contributed by atoms with Crippen molar-refractivity contribution in [2.75, 3.05) is 7.11 Å². The number of amides is 1. The number of methoxy groups -OCH3 is 1. The van der Waals surface area contributed by atoms with E-state index in [0.717, 1.165) is 22.4 Å². The summed E-state index contributed by atoms with van der Waals surface area (Å²) in [6.45, 7) is 3.91. The summed E-state index contributed by atoms with van der Waals surface area (Å²) >= 11 is 0. The molecule has 3 aromatic carbocycles. The Hall–Kier alpha value is -4.13. The second-order valence-electron chi connectivity index (χ2n) is 7.85. The van der Waals surface area contributed by atoms with Crippen LogP contribution < -0.4 is 14.9 Å². The molecule has 0 aliphatic carbocycles. The molecule has 2 N–H and O–H groups in total. The molecule has 4 rings (SSSR count). The van der Waals surface area contributed by atoms with Crippen LogP contribution in [0.15, 0.2) is 71.8 Å². The maximum atomic E-state index is 12.6. The SMILES string of the molecule is COc1cc(/C=N\NC(=O)c2ccc3nc(Cc4ccccc4)[nH]c3c2)ccc1OC(C)C. The Morgan fingerprint density at radius 1 is 1.09 bits per heavy atom. The number of nitrogens with one attached hydrogen (secondary N) is 2. The third-order valence-electron chi connectivity index (χ3n) is 4.94. The number of carbonyl (C=O) groups is 1. The fourth-order valence-corrected chi connectivity index (χ4v) is 3.42. The zero-order valence-corrected chi connectivity index (χ0v) is 18.8. The molecule has 33 heavy (non-hydrogen) atoms. The number of fused-ring (bicyclic) bond motifs is 1. The molecule has 0 fully saturated rings. The number of imidazole rings is 1. The van der Waals surface area contributed by atoms with Gasteiger partial charge in [-0.15, -0.1) is 0 Å². The van der Waals surface area contributed by atoms with Gasteiger partial charge < -0.3 is 14.5 Å². The van der Waals surface area contributed by atoms with Gasteiger partial charge in [0.1, 0.15) is 5.82 Å². The molecule has 0 saturated carbocycles. The highest BCUT2D eigenvalue weighted by Crippen LogP contribution is 2.28.